The number of esters is 1. The molecule has 0 amide bonds. The number of allylic oxidation sites excluding steroid dienone is 1. The SMILES string of the molecule is COC(=O)C1=C(N2CCOCC2C)C=NOC=C1. The topological polar surface area (TPSA) is 60.4 Å². The third kappa shape index (κ3) is 2.53. The van der Waals surface area contributed by atoms with E-state index in [4.69, 9.17) is 14.3 Å². The summed E-state index contributed by atoms with van der Waals surface area (Å²) in [6.45, 7) is 3.98. The number of morpholine rings is 1. The number of ether oxygens (including phenoxy) is 2. The second-order valence-corrected chi connectivity index (χ2v) is 4.05. The Morgan fingerprint density at radius 1 is 1.61 bits per heavy atom. The van der Waals surface area contributed by atoms with Crippen molar-refractivity contribution in [1.82, 2.24) is 4.90 Å². The molecule has 0 bridgehead atoms. The van der Waals surface area contributed by atoms with Crippen molar-refractivity contribution in [1.29, 1.82) is 0 Å². The molecule has 1 fully saturated rings. The van der Waals surface area contributed by atoms with Crippen LogP contribution in [0.4, 0.5) is 0 Å². The zero-order chi connectivity index (χ0) is 13.0. The number of carbonyl (C=O) groups is 1. The fourth-order valence-electron chi connectivity index (χ4n) is 1.97. The average Bonchev–Trinajstić information content (AvgIpc) is 2.64. The molecule has 1 atom stereocenters. The maximum absolute atomic E-state index is 11.8. The van der Waals surface area contributed by atoms with E-state index in [0.29, 0.717) is 31.0 Å². The predicted octanol–water partition coefficient (Wildman–Crippen LogP) is 0.664. The Morgan fingerprint density at radius 2 is 2.44 bits per heavy atom. The van der Waals surface area contributed by atoms with Gasteiger partial charge in [0.2, 0.25) is 0 Å². The van der Waals surface area contributed by atoms with Gasteiger partial charge in [0.05, 0.1) is 37.8 Å². The highest BCUT2D eigenvalue weighted by Gasteiger charge is 2.25. The molecule has 2 heterocycles. The van der Waals surface area contributed by atoms with Gasteiger partial charge >= 0.3 is 5.97 Å². The number of methoxy groups -OCH3 is 1. The van der Waals surface area contributed by atoms with E-state index in [1.807, 2.05) is 6.92 Å². The summed E-state index contributed by atoms with van der Waals surface area (Å²) in [6, 6.07) is 0.173. The smallest absolute Gasteiger partial charge is 0.340 e. The highest BCUT2D eigenvalue weighted by atomic mass is 16.6. The van der Waals surface area contributed by atoms with E-state index in [1.54, 1.807) is 6.08 Å². The zero-order valence-electron chi connectivity index (χ0n) is 10.5. The summed E-state index contributed by atoms with van der Waals surface area (Å²) in [4.78, 5) is 18.7. The summed E-state index contributed by atoms with van der Waals surface area (Å²) in [6.07, 6.45) is 4.46. The molecule has 0 spiro atoms. The number of rotatable bonds is 2. The zero-order valence-corrected chi connectivity index (χ0v) is 10.5. The molecule has 18 heavy (non-hydrogen) atoms. The van der Waals surface area contributed by atoms with Crippen molar-refractivity contribution in [3.63, 3.8) is 0 Å². The predicted molar refractivity (Wildman–Crippen MR) is 64.7 cm³/mol. The Hall–Kier alpha value is -1.82. The standard InChI is InChI=1S/C12H16N2O4/c1-9-8-17-6-4-14(9)11-7-13-18-5-3-10(11)12(15)16-2/h3,5,7,9H,4,6,8H2,1-2H3. The average molecular weight is 252 g/mol. The lowest BCUT2D eigenvalue weighted by atomic mass is 10.1. The van der Waals surface area contributed by atoms with Crippen LogP contribution in [0.5, 0.6) is 0 Å². The maximum atomic E-state index is 11.8. The molecular formula is C12H16N2O4. The molecule has 0 aliphatic carbocycles. The van der Waals surface area contributed by atoms with Gasteiger partial charge in [-0.3, -0.25) is 0 Å². The van der Waals surface area contributed by atoms with Gasteiger partial charge in [-0.2, -0.15) is 0 Å². The highest BCUT2D eigenvalue weighted by Crippen LogP contribution is 2.19. The number of carbonyl (C=O) groups excluding carboxylic acids is 1. The molecule has 6 heteroatoms. The van der Waals surface area contributed by atoms with Crippen LogP contribution in [0.15, 0.2) is 28.8 Å². The van der Waals surface area contributed by atoms with Gasteiger partial charge in [-0.15, -0.1) is 0 Å². The molecule has 2 aliphatic heterocycles. The van der Waals surface area contributed by atoms with Crippen LogP contribution in [-0.4, -0.2) is 50.0 Å². The first kappa shape index (κ1) is 12.6. The molecule has 2 rings (SSSR count). The van der Waals surface area contributed by atoms with Crippen LogP contribution in [0.1, 0.15) is 6.92 Å². The lowest BCUT2D eigenvalue weighted by Gasteiger charge is -2.35. The molecule has 6 nitrogen and oxygen atoms in total. The lowest BCUT2D eigenvalue weighted by molar-refractivity contribution is -0.135. The van der Waals surface area contributed by atoms with Crippen molar-refractivity contribution in [2.75, 3.05) is 26.9 Å². The Bertz CT molecular complexity index is 414. The highest BCUT2D eigenvalue weighted by molar-refractivity contribution is 5.98. The van der Waals surface area contributed by atoms with Gasteiger partial charge in [-0.1, -0.05) is 5.16 Å². The Morgan fingerprint density at radius 3 is 3.17 bits per heavy atom. The van der Waals surface area contributed by atoms with Gasteiger partial charge in [0.1, 0.15) is 6.26 Å². The van der Waals surface area contributed by atoms with E-state index in [-0.39, 0.29) is 6.04 Å². The molecule has 1 unspecified atom stereocenters. The number of hydrogen-bond donors (Lipinski definition) is 0. The van der Waals surface area contributed by atoms with Crippen molar-refractivity contribution >= 4 is 12.2 Å². The molecule has 0 radical (unpaired) electrons. The number of oxime groups is 1. The summed E-state index contributed by atoms with van der Waals surface area (Å²) in [5.74, 6) is -0.406. The minimum absolute atomic E-state index is 0.173. The van der Waals surface area contributed by atoms with Gasteiger partial charge in [-0.25, -0.2) is 4.79 Å². The van der Waals surface area contributed by atoms with Crippen LogP contribution in [-0.2, 0) is 19.1 Å². The van der Waals surface area contributed by atoms with Crippen LogP contribution in [0.2, 0.25) is 0 Å². The molecular weight excluding hydrogens is 236 g/mol. The number of nitrogens with zero attached hydrogens (tertiary/aromatic N) is 2. The normalized spacial score (nSPS) is 23.7. The monoisotopic (exact) mass is 252 g/mol. The molecule has 1 saturated heterocycles. The second kappa shape index (κ2) is 5.68. The van der Waals surface area contributed by atoms with Crippen molar-refractivity contribution in [3.05, 3.63) is 23.6 Å². The Balaban J connectivity index is 2.37. The first-order valence-corrected chi connectivity index (χ1v) is 5.76. The first-order chi connectivity index (χ1) is 8.74. The van der Waals surface area contributed by atoms with Crippen molar-refractivity contribution in [2.24, 2.45) is 5.16 Å². The summed E-state index contributed by atoms with van der Waals surface area (Å²) in [7, 11) is 1.35. The fraction of sp³-hybridized carbons (Fsp3) is 0.500. The molecule has 0 aromatic carbocycles. The minimum atomic E-state index is -0.406. The first-order valence-electron chi connectivity index (χ1n) is 5.76. The van der Waals surface area contributed by atoms with Crippen molar-refractivity contribution < 1.29 is 19.1 Å². The van der Waals surface area contributed by atoms with Crippen molar-refractivity contribution in [2.45, 2.75) is 13.0 Å². The summed E-state index contributed by atoms with van der Waals surface area (Å²) >= 11 is 0. The van der Waals surface area contributed by atoms with E-state index in [1.165, 1.54) is 19.6 Å². The maximum Gasteiger partial charge on any atom is 0.340 e. The quantitative estimate of drug-likeness (QED) is 0.676. The van der Waals surface area contributed by atoms with Gasteiger partial charge in [0, 0.05) is 12.6 Å². The van der Waals surface area contributed by atoms with Crippen LogP contribution < -0.4 is 0 Å². The Labute approximate surface area is 105 Å². The molecule has 0 aromatic heterocycles. The molecule has 0 saturated carbocycles. The van der Waals surface area contributed by atoms with Gasteiger partial charge in [-0.05, 0) is 13.0 Å². The molecule has 0 N–H and O–H groups in total. The number of hydrogen-bond acceptors (Lipinski definition) is 6. The molecule has 98 valence electrons. The molecule has 2 aliphatic rings. The van der Waals surface area contributed by atoms with E-state index < -0.39 is 5.97 Å². The Kier molecular flexibility index (Phi) is 3.99. The summed E-state index contributed by atoms with van der Waals surface area (Å²) in [5.41, 5.74) is 1.14. The van der Waals surface area contributed by atoms with E-state index in [2.05, 4.69) is 10.1 Å². The van der Waals surface area contributed by atoms with Gasteiger partial charge in [0.25, 0.3) is 0 Å². The van der Waals surface area contributed by atoms with E-state index in [9.17, 15) is 4.79 Å². The van der Waals surface area contributed by atoms with Crippen LogP contribution in [0.3, 0.4) is 0 Å². The third-order valence-corrected chi connectivity index (χ3v) is 2.89. The second-order valence-electron chi connectivity index (χ2n) is 4.05. The fourth-order valence-corrected chi connectivity index (χ4v) is 1.97. The van der Waals surface area contributed by atoms with Crippen LogP contribution in [0.25, 0.3) is 0 Å². The largest absolute Gasteiger partial charge is 0.465 e. The third-order valence-electron chi connectivity index (χ3n) is 2.89. The summed E-state index contributed by atoms with van der Waals surface area (Å²) < 4.78 is 10.2. The van der Waals surface area contributed by atoms with Crippen LogP contribution in [0, 0.1) is 0 Å². The summed E-state index contributed by atoms with van der Waals surface area (Å²) in [5, 5.41) is 3.77. The lowest BCUT2D eigenvalue weighted by Crippen LogP contribution is -2.44. The van der Waals surface area contributed by atoms with E-state index >= 15 is 0 Å². The van der Waals surface area contributed by atoms with Gasteiger partial charge in [0.15, 0.2) is 0 Å². The van der Waals surface area contributed by atoms with Crippen molar-refractivity contribution in [3.8, 4) is 0 Å². The van der Waals surface area contributed by atoms with E-state index in [0.717, 1.165) is 0 Å². The molecule has 0 aromatic rings. The van der Waals surface area contributed by atoms with Gasteiger partial charge < -0.3 is 19.2 Å². The minimum Gasteiger partial charge on any atom is -0.465 e. The van der Waals surface area contributed by atoms with Crippen LogP contribution >= 0.6 is 0 Å².